The molecule has 0 saturated heterocycles. The Morgan fingerprint density at radius 1 is 1.22 bits per heavy atom. The maximum atomic E-state index is 11.7. The van der Waals surface area contributed by atoms with Gasteiger partial charge in [0.2, 0.25) is 5.91 Å². The highest BCUT2D eigenvalue weighted by Gasteiger charge is 2.04. The molecular formula is C16H15N3O3S. The summed E-state index contributed by atoms with van der Waals surface area (Å²) < 4.78 is 0. The van der Waals surface area contributed by atoms with Crippen LogP contribution in [0, 0.1) is 10.1 Å². The second-order valence-electron chi connectivity index (χ2n) is 4.56. The van der Waals surface area contributed by atoms with Crippen LogP contribution in [0.4, 0.5) is 5.69 Å². The summed E-state index contributed by atoms with van der Waals surface area (Å²) in [6.45, 7) is 0. The number of hydrogen-bond donors (Lipinski definition) is 1. The van der Waals surface area contributed by atoms with Gasteiger partial charge >= 0.3 is 0 Å². The third-order valence-electron chi connectivity index (χ3n) is 2.82. The highest BCUT2D eigenvalue weighted by molar-refractivity contribution is 7.99. The van der Waals surface area contributed by atoms with Crippen LogP contribution < -0.4 is 5.43 Å². The van der Waals surface area contributed by atoms with Crippen LogP contribution in [0.3, 0.4) is 0 Å². The van der Waals surface area contributed by atoms with E-state index in [-0.39, 0.29) is 11.6 Å². The predicted octanol–water partition coefficient (Wildman–Crippen LogP) is 3.23. The van der Waals surface area contributed by atoms with E-state index >= 15 is 0 Å². The van der Waals surface area contributed by atoms with Crippen molar-refractivity contribution in [3.63, 3.8) is 0 Å². The summed E-state index contributed by atoms with van der Waals surface area (Å²) in [7, 11) is 0. The zero-order valence-electron chi connectivity index (χ0n) is 12.2. The van der Waals surface area contributed by atoms with E-state index in [1.807, 2.05) is 30.3 Å². The van der Waals surface area contributed by atoms with Crippen molar-refractivity contribution in [1.82, 2.24) is 5.43 Å². The molecule has 0 aliphatic heterocycles. The second-order valence-corrected chi connectivity index (χ2v) is 5.73. The van der Waals surface area contributed by atoms with Crippen LogP contribution in [-0.2, 0) is 4.79 Å². The van der Waals surface area contributed by atoms with Crippen molar-refractivity contribution < 1.29 is 9.72 Å². The number of nitro benzene ring substituents is 1. The molecule has 0 atom stereocenters. The van der Waals surface area contributed by atoms with Crippen LogP contribution in [0.2, 0.25) is 0 Å². The summed E-state index contributed by atoms with van der Waals surface area (Å²) in [5.41, 5.74) is 2.95. The van der Waals surface area contributed by atoms with Crippen LogP contribution in [-0.4, -0.2) is 22.8 Å². The summed E-state index contributed by atoms with van der Waals surface area (Å²) in [5.74, 6) is 0.456. The molecule has 0 fully saturated rings. The lowest BCUT2D eigenvalue weighted by Gasteiger charge is -2.01. The topological polar surface area (TPSA) is 84.6 Å². The third kappa shape index (κ3) is 5.91. The second kappa shape index (κ2) is 8.70. The Balaban J connectivity index is 1.75. The number of carbonyl (C=O) groups is 1. The molecule has 6 nitrogen and oxygen atoms in total. The maximum absolute atomic E-state index is 11.7. The molecule has 118 valence electrons. The number of nitrogens with zero attached hydrogens (tertiary/aromatic N) is 2. The van der Waals surface area contributed by atoms with Crippen molar-refractivity contribution in [2.75, 3.05) is 5.75 Å². The van der Waals surface area contributed by atoms with Gasteiger partial charge in [-0.25, -0.2) is 5.43 Å². The molecule has 1 amide bonds. The van der Waals surface area contributed by atoms with E-state index in [1.165, 1.54) is 18.3 Å². The van der Waals surface area contributed by atoms with Crippen LogP contribution in [0.1, 0.15) is 12.0 Å². The van der Waals surface area contributed by atoms with Gasteiger partial charge in [-0.05, 0) is 12.1 Å². The number of hydrogen-bond acceptors (Lipinski definition) is 5. The smallest absolute Gasteiger partial charge is 0.270 e. The highest BCUT2D eigenvalue weighted by atomic mass is 32.2. The van der Waals surface area contributed by atoms with E-state index < -0.39 is 4.92 Å². The van der Waals surface area contributed by atoms with Gasteiger partial charge < -0.3 is 0 Å². The minimum Gasteiger partial charge on any atom is -0.273 e. The maximum Gasteiger partial charge on any atom is 0.270 e. The first-order valence-electron chi connectivity index (χ1n) is 6.89. The van der Waals surface area contributed by atoms with E-state index in [0.717, 1.165) is 4.90 Å². The molecule has 7 heteroatoms. The minimum absolute atomic E-state index is 0.0143. The average molecular weight is 329 g/mol. The van der Waals surface area contributed by atoms with Gasteiger partial charge in [-0.15, -0.1) is 11.8 Å². The number of hydrazone groups is 1. The molecule has 0 spiro atoms. The summed E-state index contributed by atoms with van der Waals surface area (Å²) in [6, 6.07) is 15.9. The van der Waals surface area contributed by atoms with Crippen molar-refractivity contribution in [3.05, 3.63) is 70.3 Å². The first-order valence-corrected chi connectivity index (χ1v) is 7.88. The first-order chi connectivity index (χ1) is 11.1. The van der Waals surface area contributed by atoms with Crippen LogP contribution >= 0.6 is 11.8 Å². The van der Waals surface area contributed by atoms with E-state index in [1.54, 1.807) is 23.9 Å². The molecular weight excluding hydrogens is 314 g/mol. The molecule has 0 saturated carbocycles. The number of thioether (sulfide) groups is 1. The van der Waals surface area contributed by atoms with Gasteiger partial charge in [-0.3, -0.25) is 14.9 Å². The zero-order valence-corrected chi connectivity index (χ0v) is 13.0. The molecule has 2 aromatic rings. The number of nitrogens with one attached hydrogen (secondary N) is 1. The number of nitro groups is 1. The summed E-state index contributed by atoms with van der Waals surface area (Å²) >= 11 is 1.60. The fourth-order valence-corrected chi connectivity index (χ4v) is 2.60. The van der Waals surface area contributed by atoms with Crippen LogP contribution in [0.5, 0.6) is 0 Å². The summed E-state index contributed by atoms with van der Waals surface area (Å²) in [6.07, 6.45) is 1.72. The monoisotopic (exact) mass is 329 g/mol. The molecule has 23 heavy (non-hydrogen) atoms. The van der Waals surface area contributed by atoms with Crippen LogP contribution in [0.25, 0.3) is 0 Å². The van der Waals surface area contributed by atoms with Crippen molar-refractivity contribution >= 4 is 29.6 Å². The number of non-ortho nitro benzene ring substituents is 1. The molecule has 0 unspecified atom stereocenters. The number of rotatable bonds is 7. The molecule has 0 aliphatic rings. The van der Waals surface area contributed by atoms with Gasteiger partial charge in [0.15, 0.2) is 0 Å². The zero-order chi connectivity index (χ0) is 16.5. The van der Waals surface area contributed by atoms with Gasteiger partial charge in [-0.2, -0.15) is 5.10 Å². The van der Waals surface area contributed by atoms with E-state index in [9.17, 15) is 14.9 Å². The standard InChI is InChI=1S/C16H15N3O3S/c20-16(9-10-23-15-7-2-1-3-8-15)18-17-12-13-5-4-6-14(11-13)19(21)22/h1-8,11-12H,9-10H2,(H,18,20)/b17-12+. The summed E-state index contributed by atoms with van der Waals surface area (Å²) in [5, 5.41) is 14.5. The average Bonchev–Trinajstić information content (AvgIpc) is 2.56. The fourth-order valence-electron chi connectivity index (χ4n) is 1.73. The lowest BCUT2D eigenvalue weighted by atomic mass is 10.2. The quantitative estimate of drug-likeness (QED) is 0.366. The lowest BCUT2D eigenvalue weighted by molar-refractivity contribution is -0.384. The number of amides is 1. The Kier molecular flexibility index (Phi) is 6.31. The lowest BCUT2D eigenvalue weighted by Crippen LogP contribution is -2.17. The first kappa shape index (κ1) is 16.7. The van der Waals surface area contributed by atoms with Crippen LogP contribution in [0.15, 0.2) is 64.6 Å². The fraction of sp³-hybridized carbons (Fsp3) is 0.125. The van der Waals surface area contributed by atoms with Gasteiger partial charge in [0.05, 0.1) is 11.1 Å². The van der Waals surface area contributed by atoms with Crippen molar-refractivity contribution in [1.29, 1.82) is 0 Å². The Hall–Kier alpha value is -2.67. The van der Waals surface area contributed by atoms with Gasteiger partial charge in [0.1, 0.15) is 0 Å². The molecule has 2 aromatic carbocycles. The van der Waals surface area contributed by atoms with Crippen molar-refractivity contribution in [3.8, 4) is 0 Å². The van der Waals surface area contributed by atoms with E-state index in [0.29, 0.717) is 17.7 Å². The Labute approximate surface area is 137 Å². The SMILES string of the molecule is O=C(CCSc1ccccc1)N/N=C/c1cccc([N+](=O)[O-])c1. The normalized spacial score (nSPS) is 10.6. The Morgan fingerprint density at radius 2 is 2.00 bits per heavy atom. The van der Waals surface area contributed by atoms with Gasteiger partial charge in [-0.1, -0.05) is 30.3 Å². The summed E-state index contributed by atoms with van der Waals surface area (Å²) in [4.78, 5) is 22.9. The molecule has 1 N–H and O–H groups in total. The number of carbonyl (C=O) groups excluding carboxylic acids is 1. The molecule has 0 bridgehead atoms. The number of benzene rings is 2. The predicted molar refractivity (Wildman–Crippen MR) is 90.6 cm³/mol. The Bertz CT molecular complexity index is 705. The molecule has 0 radical (unpaired) electrons. The molecule has 2 rings (SSSR count). The Morgan fingerprint density at radius 3 is 2.74 bits per heavy atom. The largest absolute Gasteiger partial charge is 0.273 e. The van der Waals surface area contributed by atoms with E-state index in [4.69, 9.17) is 0 Å². The molecule has 0 heterocycles. The van der Waals surface area contributed by atoms with Crippen molar-refractivity contribution in [2.24, 2.45) is 5.10 Å². The van der Waals surface area contributed by atoms with Crippen molar-refractivity contribution in [2.45, 2.75) is 11.3 Å². The highest BCUT2D eigenvalue weighted by Crippen LogP contribution is 2.17. The van der Waals surface area contributed by atoms with Gasteiger partial charge in [0.25, 0.3) is 5.69 Å². The molecule has 0 aliphatic carbocycles. The van der Waals surface area contributed by atoms with Gasteiger partial charge in [0, 0.05) is 34.8 Å². The van der Waals surface area contributed by atoms with E-state index in [2.05, 4.69) is 10.5 Å². The molecule has 0 aromatic heterocycles. The minimum atomic E-state index is -0.475. The third-order valence-corrected chi connectivity index (χ3v) is 3.84.